The molecule has 1 aliphatic rings. The van der Waals surface area contributed by atoms with Gasteiger partial charge in [-0.1, -0.05) is 29.3 Å². The van der Waals surface area contributed by atoms with E-state index in [-0.39, 0.29) is 0 Å². The van der Waals surface area contributed by atoms with Gasteiger partial charge in [0.25, 0.3) is 0 Å². The van der Waals surface area contributed by atoms with Crippen molar-refractivity contribution < 1.29 is 9.59 Å². The molecule has 1 atom stereocenters. The minimum atomic E-state index is -0.581. The van der Waals surface area contributed by atoms with Gasteiger partial charge in [0.2, 0.25) is 11.6 Å². The fourth-order valence-electron chi connectivity index (χ4n) is 1.59. The zero-order chi connectivity index (χ0) is 11.7. The molecule has 3 nitrogen and oxygen atoms in total. The Kier molecular flexibility index (Phi) is 3.08. The summed E-state index contributed by atoms with van der Waals surface area (Å²) in [6, 6.07) is 1.52. The van der Waals surface area contributed by atoms with E-state index >= 15 is 0 Å². The molecule has 0 amide bonds. The lowest BCUT2D eigenvalue weighted by molar-refractivity contribution is -0.135. The van der Waals surface area contributed by atoms with Crippen LogP contribution in [0.25, 0.3) is 0 Å². The fourth-order valence-corrected chi connectivity index (χ4v) is 2.10. The second kappa shape index (κ2) is 4.36. The number of pyridine rings is 1. The quantitative estimate of drug-likeness (QED) is 0.725. The van der Waals surface area contributed by atoms with Crippen molar-refractivity contribution in [1.29, 1.82) is 0 Å². The Bertz CT molecular complexity index is 497. The molecule has 1 unspecified atom stereocenters. The number of allylic oxidation sites excluding steroid dienone is 2. The predicted octanol–water partition coefficient (Wildman–Crippen LogP) is 2.57. The number of halogens is 2. The number of aromatic nitrogens is 1. The largest absolute Gasteiger partial charge is 0.290 e. The number of rotatable bonds is 1. The van der Waals surface area contributed by atoms with Crippen LogP contribution in [0, 0.1) is 0 Å². The van der Waals surface area contributed by atoms with Gasteiger partial charge in [-0.15, -0.1) is 0 Å². The Labute approximate surface area is 102 Å². The van der Waals surface area contributed by atoms with Crippen LogP contribution in [0.3, 0.4) is 0 Å². The average Bonchev–Trinajstić information content (AvgIpc) is 2.23. The van der Waals surface area contributed by atoms with Crippen LogP contribution in [-0.2, 0) is 9.59 Å². The summed E-state index contributed by atoms with van der Waals surface area (Å²) in [6.07, 6.45) is 4.79. The molecular weight excluding hydrogens is 249 g/mol. The zero-order valence-electron chi connectivity index (χ0n) is 8.11. The number of Topliss-reactive ketones (excluding diaryl/α,β-unsaturated/α-hetero) is 1. The summed E-state index contributed by atoms with van der Waals surface area (Å²) in [5.74, 6) is -1.56. The third kappa shape index (κ3) is 2.01. The maximum Gasteiger partial charge on any atom is 0.221 e. The molecule has 2 rings (SSSR count). The van der Waals surface area contributed by atoms with Gasteiger partial charge in [-0.05, 0) is 18.6 Å². The number of carbonyl (C=O) groups is 2. The molecule has 0 N–H and O–H groups in total. The minimum absolute atomic E-state index is 0.314. The van der Waals surface area contributed by atoms with E-state index < -0.39 is 17.5 Å². The van der Waals surface area contributed by atoms with Crippen LogP contribution >= 0.6 is 23.2 Å². The Hall–Kier alpha value is -1.19. The molecule has 1 aliphatic carbocycles. The molecule has 0 fully saturated rings. The lowest BCUT2D eigenvalue weighted by Gasteiger charge is -2.16. The van der Waals surface area contributed by atoms with Gasteiger partial charge < -0.3 is 0 Å². The van der Waals surface area contributed by atoms with Crippen molar-refractivity contribution in [3.05, 3.63) is 40.2 Å². The SMILES string of the molecule is O=C1C=CCC(c2ncc(Cl)cc2Cl)C1=O. The second-order valence-corrected chi connectivity index (χ2v) is 4.28. The van der Waals surface area contributed by atoms with E-state index in [9.17, 15) is 9.59 Å². The highest BCUT2D eigenvalue weighted by Crippen LogP contribution is 2.30. The average molecular weight is 256 g/mol. The number of nitrogens with zero attached hydrogens (tertiary/aromatic N) is 1. The van der Waals surface area contributed by atoms with Gasteiger partial charge in [0.05, 0.1) is 21.7 Å². The summed E-state index contributed by atoms with van der Waals surface area (Å²) in [6.45, 7) is 0. The number of hydrogen-bond acceptors (Lipinski definition) is 3. The van der Waals surface area contributed by atoms with E-state index in [1.54, 1.807) is 6.08 Å². The van der Waals surface area contributed by atoms with Crippen LogP contribution in [0.2, 0.25) is 10.0 Å². The lowest BCUT2D eigenvalue weighted by atomic mass is 9.89. The molecule has 0 saturated carbocycles. The molecule has 0 bridgehead atoms. The van der Waals surface area contributed by atoms with E-state index in [1.807, 2.05) is 0 Å². The van der Waals surface area contributed by atoms with Crippen molar-refractivity contribution >= 4 is 34.8 Å². The molecule has 1 aromatic heterocycles. The van der Waals surface area contributed by atoms with E-state index in [0.29, 0.717) is 22.2 Å². The Morgan fingerprint density at radius 2 is 2.06 bits per heavy atom. The van der Waals surface area contributed by atoms with Gasteiger partial charge in [-0.25, -0.2) is 0 Å². The molecule has 1 heterocycles. The van der Waals surface area contributed by atoms with E-state index in [4.69, 9.17) is 23.2 Å². The Morgan fingerprint density at radius 1 is 1.31 bits per heavy atom. The third-order valence-corrected chi connectivity index (χ3v) is 2.88. The first kappa shape index (κ1) is 11.3. The Balaban J connectivity index is 2.41. The molecule has 0 saturated heterocycles. The first-order valence-corrected chi connectivity index (χ1v) is 5.41. The highest BCUT2D eigenvalue weighted by molar-refractivity contribution is 6.44. The molecule has 0 radical (unpaired) electrons. The van der Waals surface area contributed by atoms with E-state index in [2.05, 4.69) is 4.98 Å². The summed E-state index contributed by atoms with van der Waals surface area (Å²) >= 11 is 11.6. The van der Waals surface area contributed by atoms with Crippen LogP contribution in [0.1, 0.15) is 18.0 Å². The first-order chi connectivity index (χ1) is 7.59. The first-order valence-electron chi connectivity index (χ1n) is 4.65. The van der Waals surface area contributed by atoms with Gasteiger partial charge in [0, 0.05) is 6.20 Å². The Morgan fingerprint density at radius 3 is 2.75 bits per heavy atom. The van der Waals surface area contributed by atoms with Crippen LogP contribution in [0.15, 0.2) is 24.4 Å². The molecule has 16 heavy (non-hydrogen) atoms. The molecule has 0 aromatic carbocycles. The predicted molar refractivity (Wildman–Crippen MR) is 60.8 cm³/mol. The van der Waals surface area contributed by atoms with Crippen molar-refractivity contribution in [1.82, 2.24) is 4.98 Å². The van der Waals surface area contributed by atoms with Crippen molar-refractivity contribution in [3.63, 3.8) is 0 Å². The molecule has 0 aliphatic heterocycles. The van der Waals surface area contributed by atoms with Gasteiger partial charge in [-0.2, -0.15) is 0 Å². The van der Waals surface area contributed by atoms with Crippen LogP contribution in [0.4, 0.5) is 0 Å². The molecular formula is C11H7Cl2NO2. The molecule has 5 heteroatoms. The maximum atomic E-state index is 11.6. The van der Waals surface area contributed by atoms with Gasteiger partial charge in [0.15, 0.2) is 0 Å². The molecule has 1 aromatic rings. The minimum Gasteiger partial charge on any atom is -0.290 e. The standard InChI is InChI=1S/C11H7Cl2NO2/c12-6-4-8(13)10(14-5-6)7-2-1-3-9(15)11(7)16/h1,3-5,7H,2H2. The van der Waals surface area contributed by atoms with Crippen molar-refractivity contribution in [3.8, 4) is 0 Å². The summed E-state index contributed by atoms with van der Waals surface area (Å²) in [5, 5.41) is 0.716. The molecule has 0 spiro atoms. The van der Waals surface area contributed by atoms with E-state index in [1.165, 1.54) is 18.3 Å². The molecule has 82 valence electrons. The normalized spacial score (nSPS) is 20.2. The lowest BCUT2D eigenvalue weighted by Crippen LogP contribution is -2.24. The van der Waals surface area contributed by atoms with Crippen molar-refractivity contribution in [2.24, 2.45) is 0 Å². The maximum absolute atomic E-state index is 11.6. The zero-order valence-corrected chi connectivity index (χ0v) is 9.63. The summed E-state index contributed by atoms with van der Waals surface area (Å²) in [7, 11) is 0. The summed E-state index contributed by atoms with van der Waals surface area (Å²) in [4.78, 5) is 26.9. The highest BCUT2D eigenvalue weighted by atomic mass is 35.5. The van der Waals surface area contributed by atoms with Crippen LogP contribution < -0.4 is 0 Å². The summed E-state index contributed by atoms with van der Waals surface area (Å²) in [5.41, 5.74) is 0.411. The smallest absolute Gasteiger partial charge is 0.221 e. The fraction of sp³-hybridized carbons (Fsp3) is 0.182. The monoisotopic (exact) mass is 255 g/mol. The summed E-state index contributed by atoms with van der Waals surface area (Å²) < 4.78 is 0. The van der Waals surface area contributed by atoms with Gasteiger partial charge in [0.1, 0.15) is 0 Å². The van der Waals surface area contributed by atoms with Crippen molar-refractivity contribution in [2.75, 3.05) is 0 Å². The number of hydrogen-bond donors (Lipinski definition) is 0. The highest BCUT2D eigenvalue weighted by Gasteiger charge is 2.30. The van der Waals surface area contributed by atoms with E-state index in [0.717, 1.165) is 0 Å². The van der Waals surface area contributed by atoms with Crippen LogP contribution in [0.5, 0.6) is 0 Å². The number of ketones is 2. The van der Waals surface area contributed by atoms with Crippen LogP contribution in [-0.4, -0.2) is 16.6 Å². The van der Waals surface area contributed by atoms with Gasteiger partial charge in [-0.3, -0.25) is 14.6 Å². The third-order valence-electron chi connectivity index (χ3n) is 2.37. The van der Waals surface area contributed by atoms with Gasteiger partial charge >= 0.3 is 0 Å². The van der Waals surface area contributed by atoms with Crippen molar-refractivity contribution in [2.45, 2.75) is 12.3 Å². The topological polar surface area (TPSA) is 47.0 Å². The second-order valence-electron chi connectivity index (χ2n) is 3.44. The number of carbonyl (C=O) groups excluding carboxylic acids is 2.